The molecule has 0 spiro atoms. The predicted octanol–water partition coefficient (Wildman–Crippen LogP) is 2.60. The molecule has 0 fully saturated rings. The van der Waals surface area contributed by atoms with Crippen molar-refractivity contribution in [2.75, 3.05) is 19.7 Å². The summed E-state index contributed by atoms with van der Waals surface area (Å²) < 4.78 is 4.75. The standard InChI is InChI=1S/C17H23N3O3/c1-4-20(16(21)10-11-19-17(22)23-5-2)13(3)15-8-6-14(12-18)7-9-15/h6-9,13H,4-5,10-11H2,1-3H3,(H,19,22)/t13-/m0/s1. The molecule has 0 heterocycles. The van der Waals surface area contributed by atoms with Crippen molar-refractivity contribution in [3.8, 4) is 6.07 Å². The molecular weight excluding hydrogens is 294 g/mol. The summed E-state index contributed by atoms with van der Waals surface area (Å²) in [5.74, 6) is -0.0406. The van der Waals surface area contributed by atoms with E-state index in [4.69, 9.17) is 10.00 Å². The number of nitrogens with one attached hydrogen (secondary N) is 1. The van der Waals surface area contributed by atoms with Gasteiger partial charge in [-0.15, -0.1) is 0 Å². The molecule has 1 aromatic carbocycles. The van der Waals surface area contributed by atoms with Crippen molar-refractivity contribution in [3.05, 3.63) is 35.4 Å². The van der Waals surface area contributed by atoms with Crippen LogP contribution in [0.5, 0.6) is 0 Å². The van der Waals surface area contributed by atoms with Crippen LogP contribution in [0.4, 0.5) is 4.79 Å². The molecule has 0 aliphatic carbocycles. The number of rotatable bonds is 7. The van der Waals surface area contributed by atoms with Crippen molar-refractivity contribution >= 4 is 12.0 Å². The average Bonchev–Trinajstić information content (AvgIpc) is 2.55. The minimum absolute atomic E-state index is 0.0406. The molecule has 124 valence electrons. The highest BCUT2D eigenvalue weighted by Gasteiger charge is 2.19. The second-order valence-electron chi connectivity index (χ2n) is 4.99. The summed E-state index contributed by atoms with van der Waals surface area (Å²) >= 11 is 0. The number of nitrogens with zero attached hydrogens (tertiary/aromatic N) is 2. The van der Waals surface area contributed by atoms with E-state index in [2.05, 4.69) is 11.4 Å². The van der Waals surface area contributed by atoms with Crippen LogP contribution in [0.2, 0.25) is 0 Å². The van der Waals surface area contributed by atoms with E-state index >= 15 is 0 Å². The minimum Gasteiger partial charge on any atom is -0.450 e. The zero-order valence-electron chi connectivity index (χ0n) is 13.8. The van der Waals surface area contributed by atoms with Crippen molar-refractivity contribution in [2.45, 2.75) is 33.2 Å². The summed E-state index contributed by atoms with van der Waals surface area (Å²) in [6, 6.07) is 9.18. The van der Waals surface area contributed by atoms with Crippen LogP contribution in [0.1, 0.15) is 44.4 Å². The minimum atomic E-state index is -0.511. The van der Waals surface area contributed by atoms with Gasteiger partial charge in [-0.25, -0.2) is 4.79 Å². The van der Waals surface area contributed by atoms with Crippen molar-refractivity contribution in [3.63, 3.8) is 0 Å². The van der Waals surface area contributed by atoms with Gasteiger partial charge in [-0.3, -0.25) is 4.79 Å². The van der Waals surface area contributed by atoms with E-state index in [0.29, 0.717) is 18.7 Å². The van der Waals surface area contributed by atoms with Gasteiger partial charge in [-0.1, -0.05) is 12.1 Å². The molecule has 0 bridgehead atoms. The highest BCUT2D eigenvalue weighted by Crippen LogP contribution is 2.21. The first-order valence-electron chi connectivity index (χ1n) is 7.73. The van der Waals surface area contributed by atoms with Crippen LogP contribution >= 0.6 is 0 Å². The van der Waals surface area contributed by atoms with E-state index in [-0.39, 0.29) is 24.9 Å². The third-order valence-electron chi connectivity index (χ3n) is 3.53. The van der Waals surface area contributed by atoms with Gasteiger partial charge in [-0.05, 0) is 38.5 Å². The van der Waals surface area contributed by atoms with Gasteiger partial charge in [0, 0.05) is 19.5 Å². The van der Waals surface area contributed by atoms with Crippen molar-refractivity contribution < 1.29 is 14.3 Å². The van der Waals surface area contributed by atoms with E-state index < -0.39 is 6.09 Å². The van der Waals surface area contributed by atoms with E-state index in [0.717, 1.165) is 5.56 Å². The number of carbonyl (C=O) groups excluding carboxylic acids is 2. The first-order chi connectivity index (χ1) is 11.0. The predicted molar refractivity (Wildman–Crippen MR) is 86.6 cm³/mol. The SMILES string of the molecule is CCOC(=O)NCCC(=O)N(CC)[C@@H](C)c1ccc(C#N)cc1. The Morgan fingerprint density at radius 1 is 1.30 bits per heavy atom. The van der Waals surface area contributed by atoms with Gasteiger partial charge >= 0.3 is 6.09 Å². The van der Waals surface area contributed by atoms with Crippen LogP contribution in [0, 0.1) is 11.3 Å². The lowest BCUT2D eigenvalue weighted by atomic mass is 10.0. The summed E-state index contributed by atoms with van der Waals surface area (Å²) in [6.45, 7) is 6.70. The van der Waals surface area contributed by atoms with E-state index in [1.54, 1.807) is 24.0 Å². The molecule has 0 aliphatic heterocycles. The van der Waals surface area contributed by atoms with Crippen LogP contribution < -0.4 is 5.32 Å². The molecule has 1 aromatic rings. The summed E-state index contributed by atoms with van der Waals surface area (Å²) in [5, 5.41) is 11.4. The first kappa shape index (κ1) is 18.5. The van der Waals surface area contributed by atoms with Crippen LogP contribution in [0.25, 0.3) is 0 Å². The van der Waals surface area contributed by atoms with Gasteiger partial charge in [0.15, 0.2) is 0 Å². The Bertz CT molecular complexity index is 563. The molecule has 2 amide bonds. The molecule has 0 radical (unpaired) electrons. The smallest absolute Gasteiger partial charge is 0.407 e. The summed E-state index contributed by atoms with van der Waals surface area (Å²) in [5.41, 5.74) is 1.56. The van der Waals surface area contributed by atoms with Gasteiger partial charge in [0.05, 0.1) is 24.3 Å². The van der Waals surface area contributed by atoms with E-state index in [9.17, 15) is 9.59 Å². The molecule has 0 unspecified atom stereocenters. The molecule has 1 rings (SSSR count). The van der Waals surface area contributed by atoms with Gasteiger partial charge in [-0.2, -0.15) is 5.26 Å². The molecule has 1 atom stereocenters. The van der Waals surface area contributed by atoms with Crippen molar-refractivity contribution in [1.82, 2.24) is 10.2 Å². The zero-order valence-corrected chi connectivity index (χ0v) is 13.8. The highest BCUT2D eigenvalue weighted by molar-refractivity contribution is 5.77. The van der Waals surface area contributed by atoms with Crippen LogP contribution in [0.3, 0.4) is 0 Å². The Hall–Kier alpha value is -2.55. The number of alkyl carbamates (subject to hydrolysis) is 1. The van der Waals surface area contributed by atoms with E-state index in [1.165, 1.54) is 0 Å². The lowest BCUT2D eigenvalue weighted by Crippen LogP contribution is -2.36. The fourth-order valence-corrected chi connectivity index (χ4v) is 2.28. The maximum absolute atomic E-state index is 12.3. The Morgan fingerprint density at radius 2 is 1.96 bits per heavy atom. The van der Waals surface area contributed by atoms with Crippen LogP contribution in [-0.4, -0.2) is 36.6 Å². The van der Waals surface area contributed by atoms with Gasteiger partial charge in [0.1, 0.15) is 0 Å². The fraction of sp³-hybridized carbons (Fsp3) is 0.471. The number of hydrogen-bond donors (Lipinski definition) is 1. The van der Waals surface area contributed by atoms with Crippen molar-refractivity contribution in [2.24, 2.45) is 0 Å². The molecule has 0 saturated carbocycles. The third-order valence-corrected chi connectivity index (χ3v) is 3.53. The number of nitriles is 1. The van der Waals surface area contributed by atoms with Crippen LogP contribution in [0.15, 0.2) is 24.3 Å². The lowest BCUT2D eigenvalue weighted by Gasteiger charge is -2.28. The number of benzene rings is 1. The quantitative estimate of drug-likeness (QED) is 0.838. The second kappa shape index (κ2) is 9.46. The van der Waals surface area contributed by atoms with Gasteiger partial charge in [0.2, 0.25) is 5.91 Å². The second-order valence-corrected chi connectivity index (χ2v) is 4.99. The molecule has 6 heteroatoms. The molecule has 0 aromatic heterocycles. The molecular formula is C17H23N3O3. The largest absolute Gasteiger partial charge is 0.450 e. The first-order valence-corrected chi connectivity index (χ1v) is 7.73. The summed E-state index contributed by atoms with van der Waals surface area (Å²) in [6.07, 6.45) is -0.295. The number of hydrogen-bond acceptors (Lipinski definition) is 4. The maximum atomic E-state index is 12.3. The lowest BCUT2D eigenvalue weighted by molar-refractivity contribution is -0.133. The highest BCUT2D eigenvalue weighted by atomic mass is 16.5. The summed E-state index contributed by atoms with van der Waals surface area (Å²) in [4.78, 5) is 25.3. The Morgan fingerprint density at radius 3 is 2.48 bits per heavy atom. The average molecular weight is 317 g/mol. The molecule has 23 heavy (non-hydrogen) atoms. The summed E-state index contributed by atoms with van der Waals surface area (Å²) in [7, 11) is 0. The number of amides is 2. The van der Waals surface area contributed by atoms with Gasteiger partial charge < -0.3 is 15.0 Å². The van der Waals surface area contributed by atoms with Crippen LogP contribution in [-0.2, 0) is 9.53 Å². The fourth-order valence-electron chi connectivity index (χ4n) is 2.28. The number of ether oxygens (including phenoxy) is 1. The Labute approximate surface area is 137 Å². The molecule has 0 aliphatic rings. The Balaban J connectivity index is 2.61. The normalized spacial score (nSPS) is 11.2. The van der Waals surface area contributed by atoms with Crippen molar-refractivity contribution in [1.29, 1.82) is 5.26 Å². The topological polar surface area (TPSA) is 82.4 Å². The third kappa shape index (κ3) is 5.62. The molecule has 1 N–H and O–H groups in total. The monoisotopic (exact) mass is 317 g/mol. The molecule has 6 nitrogen and oxygen atoms in total. The van der Waals surface area contributed by atoms with E-state index in [1.807, 2.05) is 26.0 Å². The van der Waals surface area contributed by atoms with Gasteiger partial charge in [0.25, 0.3) is 0 Å². The Kier molecular flexibility index (Phi) is 7.61. The molecule has 0 saturated heterocycles. The zero-order chi connectivity index (χ0) is 17.2. The maximum Gasteiger partial charge on any atom is 0.407 e. The number of carbonyl (C=O) groups is 2.